The monoisotopic (exact) mass is 409 g/mol. The van der Waals surface area contributed by atoms with Crippen molar-refractivity contribution in [3.63, 3.8) is 0 Å². The molecule has 7 heteroatoms. The second-order valence-corrected chi connectivity index (χ2v) is 6.27. The van der Waals surface area contributed by atoms with Crippen LogP contribution in [0.5, 0.6) is 11.5 Å². The van der Waals surface area contributed by atoms with Crippen LogP contribution in [0.3, 0.4) is 0 Å². The molecule has 3 rings (SSSR count). The molecule has 0 saturated carbocycles. The van der Waals surface area contributed by atoms with Gasteiger partial charge in [-0.05, 0) is 48.0 Å². The van der Waals surface area contributed by atoms with Gasteiger partial charge in [-0.3, -0.25) is 4.79 Å². The second-order valence-electron chi connectivity index (χ2n) is 6.27. The molecule has 0 aliphatic rings. The van der Waals surface area contributed by atoms with E-state index in [0.717, 1.165) is 11.6 Å². The van der Waals surface area contributed by atoms with E-state index in [0.29, 0.717) is 18.0 Å². The molecule has 0 bridgehead atoms. The van der Waals surface area contributed by atoms with E-state index in [1.807, 2.05) is 30.3 Å². The highest BCUT2D eigenvalue weighted by Gasteiger charge is 2.13. The number of rotatable bonds is 8. The Bertz CT molecular complexity index is 1010. The lowest BCUT2D eigenvalue weighted by molar-refractivity contribution is -0.119. The highest BCUT2D eigenvalue weighted by Crippen LogP contribution is 2.19. The molecule has 0 saturated heterocycles. The first-order chi connectivity index (χ1) is 14.5. The van der Waals surface area contributed by atoms with Gasteiger partial charge < -0.3 is 19.5 Å². The minimum Gasteiger partial charge on any atom is -0.494 e. The number of halogens is 1. The molecule has 0 radical (unpaired) electrons. The van der Waals surface area contributed by atoms with Crippen LogP contribution in [-0.2, 0) is 16.1 Å². The first kappa shape index (κ1) is 20.9. The summed E-state index contributed by atoms with van der Waals surface area (Å²) in [5.74, 6) is -1.34. The Morgan fingerprint density at radius 3 is 2.37 bits per heavy atom. The van der Waals surface area contributed by atoms with E-state index < -0.39 is 24.3 Å². The number of carbonyl (C=O) groups is 2. The summed E-state index contributed by atoms with van der Waals surface area (Å²) in [5, 5.41) is 2.61. The number of ether oxygens (including phenoxy) is 3. The molecule has 0 aliphatic carbocycles. The van der Waals surface area contributed by atoms with E-state index in [9.17, 15) is 14.0 Å². The molecular formula is C23H20FNO5. The van der Waals surface area contributed by atoms with Crippen molar-refractivity contribution in [1.82, 2.24) is 0 Å². The quantitative estimate of drug-likeness (QED) is 0.564. The lowest BCUT2D eigenvalue weighted by atomic mass is 10.2. The number of hydrogen-bond donors (Lipinski definition) is 1. The third-order valence-electron chi connectivity index (χ3n) is 4.11. The average Bonchev–Trinajstić information content (AvgIpc) is 2.77. The van der Waals surface area contributed by atoms with Gasteiger partial charge in [0, 0.05) is 5.69 Å². The third-order valence-corrected chi connectivity index (χ3v) is 4.11. The lowest BCUT2D eigenvalue weighted by Gasteiger charge is -2.09. The van der Waals surface area contributed by atoms with E-state index in [1.165, 1.54) is 19.2 Å². The van der Waals surface area contributed by atoms with Crippen molar-refractivity contribution >= 4 is 17.6 Å². The molecule has 1 N–H and O–H groups in total. The molecule has 3 aromatic rings. The summed E-state index contributed by atoms with van der Waals surface area (Å²) in [6.45, 7) is -0.0623. The molecule has 154 valence electrons. The Balaban J connectivity index is 1.46. The standard InChI is InChI=1S/C23H20FNO5/c1-28-21-12-7-17(13-20(21)24)23(27)30-15-22(26)25-18-8-10-19(11-9-18)29-14-16-5-3-2-4-6-16/h2-13H,14-15H2,1H3,(H,25,26). The summed E-state index contributed by atoms with van der Waals surface area (Å²) < 4.78 is 29.1. The number of methoxy groups -OCH3 is 1. The molecule has 6 nitrogen and oxygen atoms in total. The predicted molar refractivity (Wildman–Crippen MR) is 109 cm³/mol. The van der Waals surface area contributed by atoms with Crippen LogP contribution in [0.2, 0.25) is 0 Å². The normalized spacial score (nSPS) is 10.2. The van der Waals surface area contributed by atoms with Crippen LogP contribution >= 0.6 is 0 Å². The van der Waals surface area contributed by atoms with E-state index in [1.54, 1.807) is 24.3 Å². The molecule has 0 aromatic heterocycles. The van der Waals surface area contributed by atoms with E-state index in [-0.39, 0.29) is 11.3 Å². The van der Waals surface area contributed by atoms with Crippen LogP contribution in [0.25, 0.3) is 0 Å². The summed E-state index contributed by atoms with van der Waals surface area (Å²) in [6.07, 6.45) is 0. The summed E-state index contributed by atoms with van der Waals surface area (Å²) >= 11 is 0. The minimum absolute atomic E-state index is 0.0129. The number of anilines is 1. The number of carbonyl (C=O) groups excluding carboxylic acids is 2. The fourth-order valence-electron chi connectivity index (χ4n) is 2.58. The fraction of sp³-hybridized carbons (Fsp3) is 0.130. The summed E-state index contributed by atoms with van der Waals surface area (Å²) in [7, 11) is 1.32. The van der Waals surface area contributed by atoms with Crippen molar-refractivity contribution in [2.75, 3.05) is 19.0 Å². The largest absolute Gasteiger partial charge is 0.494 e. The van der Waals surface area contributed by atoms with Crippen molar-refractivity contribution in [2.24, 2.45) is 0 Å². The summed E-state index contributed by atoms with van der Waals surface area (Å²) in [5.41, 5.74) is 1.56. The molecule has 0 atom stereocenters. The predicted octanol–water partition coefficient (Wildman–Crippen LogP) is 4.21. The SMILES string of the molecule is COc1ccc(C(=O)OCC(=O)Nc2ccc(OCc3ccccc3)cc2)cc1F. The van der Waals surface area contributed by atoms with E-state index >= 15 is 0 Å². The fourth-order valence-corrected chi connectivity index (χ4v) is 2.58. The first-order valence-electron chi connectivity index (χ1n) is 9.12. The zero-order chi connectivity index (χ0) is 21.3. The maximum atomic E-state index is 13.7. The molecule has 0 heterocycles. The van der Waals surface area contributed by atoms with Gasteiger partial charge in [0.25, 0.3) is 5.91 Å². The van der Waals surface area contributed by atoms with Gasteiger partial charge in [0.15, 0.2) is 18.2 Å². The van der Waals surface area contributed by atoms with Crippen molar-refractivity contribution in [2.45, 2.75) is 6.61 Å². The van der Waals surface area contributed by atoms with Gasteiger partial charge >= 0.3 is 5.97 Å². The van der Waals surface area contributed by atoms with Crippen LogP contribution < -0.4 is 14.8 Å². The van der Waals surface area contributed by atoms with Gasteiger partial charge in [0.05, 0.1) is 12.7 Å². The van der Waals surface area contributed by atoms with Crippen LogP contribution in [-0.4, -0.2) is 25.6 Å². The third kappa shape index (κ3) is 5.81. The van der Waals surface area contributed by atoms with Gasteiger partial charge in [0.1, 0.15) is 12.4 Å². The maximum Gasteiger partial charge on any atom is 0.338 e. The van der Waals surface area contributed by atoms with Gasteiger partial charge in [-0.15, -0.1) is 0 Å². The number of amides is 1. The Hall–Kier alpha value is -3.87. The second kappa shape index (κ2) is 10.1. The van der Waals surface area contributed by atoms with Crippen molar-refractivity contribution < 1.29 is 28.2 Å². The number of benzene rings is 3. The minimum atomic E-state index is -0.809. The number of nitrogens with one attached hydrogen (secondary N) is 1. The Morgan fingerprint density at radius 2 is 1.70 bits per heavy atom. The van der Waals surface area contributed by atoms with Crippen LogP contribution in [0.4, 0.5) is 10.1 Å². The smallest absolute Gasteiger partial charge is 0.338 e. The Kier molecular flexibility index (Phi) is 7.00. The maximum absolute atomic E-state index is 13.7. The molecule has 0 fully saturated rings. The van der Waals surface area contributed by atoms with Crippen LogP contribution in [0.15, 0.2) is 72.8 Å². The molecule has 3 aromatic carbocycles. The van der Waals surface area contributed by atoms with Gasteiger partial charge in [0.2, 0.25) is 0 Å². The molecule has 0 unspecified atom stereocenters. The molecule has 30 heavy (non-hydrogen) atoms. The number of hydrogen-bond acceptors (Lipinski definition) is 5. The van der Waals surface area contributed by atoms with Crippen molar-refractivity contribution in [1.29, 1.82) is 0 Å². The van der Waals surface area contributed by atoms with E-state index in [4.69, 9.17) is 14.2 Å². The molecule has 0 aliphatic heterocycles. The van der Waals surface area contributed by atoms with Gasteiger partial charge in [-0.1, -0.05) is 30.3 Å². The van der Waals surface area contributed by atoms with E-state index in [2.05, 4.69) is 5.32 Å². The van der Waals surface area contributed by atoms with Gasteiger partial charge in [-0.25, -0.2) is 9.18 Å². The molecule has 1 amide bonds. The summed E-state index contributed by atoms with van der Waals surface area (Å²) in [4.78, 5) is 24.0. The van der Waals surface area contributed by atoms with Crippen LogP contribution in [0, 0.1) is 5.82 Å². The lowest BCUT2D eigenvalue weighted by Crippen LogP contribution is -2.21. The topological polar surface area (TPSA) is 73.9 Å². The Labute approximate surface area is 173 Å². The first-order valence-corrected chi connectivity index (χ1v) is 9.12. The Morgan fingerprint density at radius 1 is 0.967 bits per heavy atom. The van der Waals surface area contributed by atoms with Crippen LogP contribution in [0.1, 0.15) is 15.9 Å². The molecular weight excluding hydrogens is 389 g/mol. The average molecular weight is 409 g/mol. The highest BCUT2D eigenvalue weighted by atomic mass is 19.1. The van der Waals surface area contributed by atoms with Gasteiger partial charge in [-0.2, -0.15) is 0 Å². The zero-order valence-corrected chi connectivity index (χ0v) is 16.3. The van der Waals surface area contributed by atoms with Crippen molar-refractivity contribution in [3.05, 3.63) is 89.7 Å². The zero-order valence-electron chi connectivity index (χ0n) is 16.3. The van der Waals surface area contributed by atoms with Crippen molar-refractivity contribution in [3.8, 4) is 11.5 Å². The molecule has 0 spiro atoms. The summed E-state index contributed by atoms with van der Waals surface area (Å²) in [6, 6.07) is 20.2. The number of esters is 1. The highest BCUT2D eigenvalue weighted by molar-refractivity contribution is 5.95.